The molecule has 0 spiro atoms. The van der Waals surface area contributed by atoms with E-state index < -0.39 is 0 Å². The van der Waals surface area contributed by atoms with Crippen molar-refractivity contribution < 1.29 is 4.52 Å². The van der Waals surface area contributed by atoms with Gasteiger partial charge in [-0.1, -0.05) is 36.3 Å². The van der Waals surface area contributed by atoms with Crippen molar-refractivity contribution in [1.29, 1.82) is 0 Å². The Bertz CT molecular complexity index is 579. The lowest BCUT2D eigenvalue weighted by Crippen LogP contribution is -2.14. The molecule has 20 heavy (non-hydrogen) atoms. The molecule has 2 atom stereocenters. The van der Waals surface area contributed by atoms with Crippen molar-refractivity contribution in [2.24, 2.45) is 5.73 Å². The lowest BCUT2D eigenvalue weighted by Gasteiger charge is -2.21. The standard InChI is InChI=1S/C16H21N3O/c1-11(8-9-17)16-18-15(19-20-16)14-7-6-12-4-2-3-5-13(12)10-14/h2-5,11,14H,6-10,17H2,1H3. The van der Waals surface area contributed by atoms with Crippen LogP contribution in [0.3, 0.4) is 0 Å². The molecule has 1 aliphatic carbocycles. The first kappa shape index (κ1) is 13.3. The number of nitrogens with zero attached hydrogens (tertiary/aromatic N) is 2. The Hall–Kier alpha value is -1.68. The van der Waals surface area contributed by atoms with E-state index in [9.17, 15) is 0 Å². The van der Waals surface area contributed by atoms with Crippen molar-refractivity contribution in [3.63, 3.8) is 0 Å². The van der Waals surface area contributed by atoms with Gasteiger partial charge in [-0.25, -0.2) is 0 Å². The van der Waals surface area contributed by atoms with Gasteiger partial charge in [-0.2, -0.15) is 4.98 Å². The summed E-state index contributed by atoms with van der Waals surface area (Å²) in [7, 11) is 0. The SMILES string of the molecule is CC(CCN)c1nc(C2CCc3ccccc3C2)no1. The van der Waals surface area contributed by atoms with E-state index in [-0.39, 0.29) is 5.92 Å². The Morgan fingerprint density at radius 3 is 2.95 bits per heavy atom. The van der Waals surface area contributed by atoms with E-state index in [1.54, 1.807) is 0 Å². The van der Waals surface area contributed by atoms with Gasteiger partial charge in [-0.3, -0.25) is 0 Å². The van der Waals surface area contributed by atoms with Gasteiger partial charge in [0.05, 0.1) is 0 Å². The summed E-state index contributed by atoms with van der Waals surface area (Å²) in [5.41, 5.74) is 8.46. The summed E-state index contributed by atoms with van der Waals surface area (Å²) in [6, 6.07) is 8.64. The monoisotopic (exact) mass is 271 g/mol. The third-order valence-corrected chi connectivity index (χ3v) is 4.19. The number of rotatable bonds is 4. The van der Waals surface area contributed by atoms with Crippen LogP contribution in [0.2, 0.25) is 0 Å². The fourth-order valence-electron chi connectivity index (χ4n) is 2.90. The van der Waals surface area contributed by atoms with Crippen LogP contribution in [-0.2, 0) is 12.8 Å². The molecule has 2 N–H and O–H groups in total. The van der Waals surface area contributed by atoms with Gasteiger partial charge in [0.1, 0.15) is 0 Å². The van der Waals surface area contributed by atoms with Crippen LogP contribution >= 0.6 is 0 Å². The van der Waals surface area contributed by atoms with E-state index in [1.807, 2.05) is 0 Å². The number of nitrogens with two attached hydrogens (primary N) is 1. The van der Waals surface area contributed by atoms with Crippen LogP contribution in [0.25, 0.3) is 0 Å². The minimum atomic E-state index is 0.247. The van der Waals surface area contributed by atoms with Crippen LogP contribution in [0.15, 0.2) is 28.8 Å². The lowest BCUT2D eigenvalue weighted by atomic mass is 9.83. The van der Waals surface area contributed by atoms with E-state index in [1.165, 1.54) is 11.1 Å². The molecular formula is C16H21N3O. The van der Waals surface area contributed by atoms with E-state index in [0.29, 0.717) is 12.5 Å². The van der Waals surface area contributed by atoms with Crippen molar-refractivity contribution in [3.8, 4) is 0 Å². The molecule has 4 nitrogen and oxygen atoms in total. The molecule has 0 saturated heterocycles. The first-order valence-electron chi connectivity index (χ1n) is 7.38. The average Bonchev–Trinajstić information content (AvgIpc) is 2.97. The van der Waals surface area contributed by atoms with Crippen LogP contribution in [-0.4, -0.2) is 16.7 Å². The maximum absolute atomic E-state index is 5.58. The van der Waals surface area contributed by atoms with Crippen LogP contribution in [0.1, 0.15) is 54.4 Å². The fraction of sp³-hybridized carbons (Fsp3) is 0.500. The molecule has 0 bridgehead atoms. The highest BCUT2D eigenvalue weighted by Gasteiger charge is 2.25. The molecule has 4 heteroatoms. The third-order valence-electron chi connectivity index (χ3n) is 4.19. The van der Waals surface area contributed by atoms with Gasteiger partial charge in [-0.15, -0.1) is 0 Å². The van der Waals surface area contributed by atoms with Crippen molar-refractivity contribution in [2.75, 3.05) is 6.54 Å². The second-order valence-electron chi connectivity index (χ2n) is 5.68. The van der Waals surface area contributed by atoms with Gasteiger partial charge in [0.15, 0.2) is 5.82 Å². The first-order valence-corrected chi connectivity index (χ1v) is 7.38. The summed E-state index contributed by atoms with van der Waals surface area (Å²) >= 11 is 0. The summed E-state index contributed by atoms with van der Waals surface area (Å²) < 4.78 is 5.40. The van der Waals surface area contributed by atoms with E-state index >= 15 is 0 Å². The minimum Gasteiger partial charge on any atom is -0.339 e. The molecule has 0 aliphatic heterocycles. The number of hydrogen-bond acceptors (Lipinski definition) is 4. The second-order valence-corrected chi connectivity index (χ2v) is 5.68. The third kappa shape index (κ3) is 2.61. The number of benzene rings is 1. The highest BCUT2D eigenvalue weighted by atomic mass is 16.5. The number of aromatic nitrogens is 2. The number of fused-ring (bicyclic) bond motifs is 1. The smallest absolute Gasteiger partial charge is 0.229 e. The van der Waals surface area contributed by atoms with Gasteiger partial charge >= 0.3 is 0 Å². The number of aryl methyl sites for hydroxylation is 1. The molecule has 1 aromatic carbocycles. The zero-order chi connectivity index (χ0) is 13.9. The minimum absolute atomic E-state index is 0.247. The highest BCUT2D eigenvalue weighted by molar-refractivity contribution is 5.31. The van der Waals surface area contributed by atoms with Crippen LogP contribution in [0.4, 0.5) is 0 Å². The number of hydrogen-bond donors (Lipinski definition) is 1. The maximum Gasteiger partial charge on any atom is 0.229 e. The van der Waals surface area contributed by atoms with Gasteiger partial charge < -0.3 is 10.3 Å². The molecule has 2 aromatic rings. The van der Waals surface area contributed by atoms with Crippen LogP contribution in [0, 0.1) is 0 Å². The Morgan fingerprint density at radius 2 is 2.15 bits per heavy atom. The molecule has 1 aliphatic rings. The predicted octanol–water partition coefficient (Wildman–Crippen LogP) is 2.79. The van der Waals surface area contributed by atoms with Gasteiger partial charge in [0, 0.05) is 11.8 Å². The van der Waals surface area contributed by atoms with Gasteiger partial charge in [0.2, 0.25) is 5.89 Å². The lowest BCUT2D eigenvalue weighted by molar-refractivity contribution is 0.346. The Kier molecular flexibility index (Phi) is 3.83. The van der Waals surface area contributed by atoms with E-state index in [2.05, 4.69) is 41.3 Å². The largest absolute Gasteiger partial charge is 0.339 e. The highest BCUT2D eigenvalue weighted by Crippen LogP contribution is 2.31. The van der Waals surface area contributed by atoms with Crippen molar-refractivity contribution >= 4 is 0 Å². The summed E-state index contributed by atoms with van der Waals surface area (Å²) in [6.07, 6.45) is 4.10. The maximum atomic E-state index is 5.58. The predicted molar refractivity (Wildman–Crippen MR) is 77.6 cm³/mol. The van der Waals surface area contributed by atoms with E-state index in [4.69, 9.17) is 10.3 Å². The molecular weight excluding hydrogens is 250 g/mol. The second kappa shape index (κ2) is 5.75. The molecule has 1 aromatic heterocycles. The summed E-state index contributed by atoms with van der Waals surface area (Å²) in [5, 5.41) is 4.19. The average molecular weight is 271 g/mol. The quantitative estimate of drug-likeness (QED) is 0.928. The van der Waals surface area contributed by atoms with E-state index in [0.717, 1.165) is 37.4 Å². The Labute approximate surface area is 119 Å². The Morgan fingerprint density at radius 1 is 1.35 bits per heavy atom. The Balaban J connectivity index is 1.75. The summed E-state index contributed by atoms with van der Waals surface area (Å²) in [4.78, 5) is 4.59. The molecule has 106 valence electrons. The molecule has 0 amide bonds. The zero-order valence-electron chi connectivity index (χ0n) is 11.9. The van der Waals surface area contributed by atoms with Crippen molar-refractivity contribution in [1.82, 2.24) is 10.1 Å². The molecule has 1 heterocycles. The normalized spacial score (nSPS) is 19.6. The molecule has 0 fully saturated rings. The molecule has 0 saturated carbocycles. The van der Waals surface area contributed by atoms with Crippen LogP contribution < -0.4 is 5.73 Å². The van der Waals surface area contributed by atoms with Crippen molar-refractivity contribution in [3.05, 3.63) is 47.1 Å². The van der Waals surface area contributed by atoms with Gasteiger partial charge in [0.25, 0.3) is 0 Å². The molecule has 2 unspecified atom stereocenters. The van der Waals surface area contributed by atoms with Crippen molar-refractivity contribution in [2.45, 2.75) is 44.4 Å². The van der Waals surface area contributed by atoms with Gasteiger partial charge in [-0.05, 0) is 43.4 Å². The molecule has 3 rings (SSSR count). The van der Waals surface area contributed by atoms with Crippen LogP contribution in [0.5, 0.6) is 0 Å². The fourth-order valence-corrected chi connectivity index (χ4v) is 2.90. The molecule has 0 radical (unpaired) electrons. The first-order chi connectivity index (χ1) is 9.78. The topological polar surface area (TPSA) is 64.9 Å². The summed E-state index contributed by atoms with van der Waals surface area (Å²) in [5.74, 6) is 2.22. The summed E-state index contributed by atoms with van der Waals surface area (Å²) in [6.45, 7) is 2.73. The zero-order valence-corrected chi connectivity index (χ0v) is 11.9.